The van der Waals surface area contributed by atoms with Crippen LogP contribution < -0.4 is 10.5 Å². The Balaban J connectivity index is 2.36. The van der Waals surface area contributed by atoms with E-state index in [1.807, 2.05) is 44.2 Å². The summed E-state index contributed by atoms with van der Waals surface area (Å²) in [5.74, 6) is 1.67. The largest absolute Gasteiger partial charge is 0.457 e. The van der Waals surface area contributed by atoms with Gasteiger partial charge >= 0.3 is 0 Å². The van der Waals surface area contributed by atoms with Gasteiger partial charge in [-0.2, -0.15) is 0 Å². The van der Waals surface area contributed by atoms with Gasteiger partial charge in [-0.3, -0.25) is 0 Å². The fraction of sp³-hybridized carbons (Fsp3) is 0.200. The SMILES string of the molecule is Cc1ccc(Oc2cc(Br)ccc2C)c(CN)c1. The van der Waals surface area contributed by atoms with Crippen molar-refractivity contribution in [2.24, 2.45) is 5.73 Å². The van der Waals surface area contributed by atoms with Crippen LogP contribution in [0.15, 0.2) is 40.9 Å². The number of aryl methyl sites for hydroxylation is 2. The van der Waals surface area contributed by atoms with Gasteiger partial charge in [0.1, 0.15) is 11.5 Å². The summed E-state index contributed by atoms with van der Waals surface area (Å²) in [5.41, 5.74) is 9.06. The molecule has 0 bridgehead atoms. The van der Waals surface area contributed by atoms with E-state index in [0.717, 1.165) is 27.1 Å². The third-order valence-corrected chi connectivity index (χ3v) is 3.30. The normalized spacial score (nSPS) is 10.4. The minimum Gasteiger partial charge on any atom is -0.457 e. The van der Waals surface area contributed by atoms with Crippen LogP contribution >= 0.6 is 15.9 Å². The summed E-state index contributed by atoms with van der Waals surface area (Å²) in [5, 5.41) is 0. The second kappa shape index (κ2) is 5.55. The number of rotatable bonds is 3. The quantitative estimate of drug-likeness (QED) is 0.916. The van der Waals surface area contributed by atoms with Gasteiger partial charge < -0.3 is 10.5 Å². The summed E-state index contributed by atoms with van der Waals surface area (Å²) in [4.78, 5) is 0. The van der Waals surface area contributed by atoms with Crippen molar-refractivity contribution >= 4 is 15.9 Å². The molecule has 0 radical (unpaired) electrons. The number of nitrogens with two attached hydrogens (primary N) is 1. The molecule has 2 nitrogen and oxygen atoms in total. The Morgan fingerprint density at radius 1 is 1.06 bits per heavy atom. The Kier molecular flexibility index (Phi) is 4.04. The van der Waals surface area contributed by atoms with Crippen molar-refractivity contribution < 1.29 is 4.74 Å². The molecule has 2 rings (SSSR count). The minimum absolute atomic E-state index is 0.476. The Bertz CT molecular complexity index is 566. The van der Waals surface area contributed by atoms with Gasteiger partial charge in [-0.15, -0.1) is 0 Å². The highest BCUT2D eigenvalue weighted by molar-refractivity contribution is 9.10. The monoisotopic (exact) mass is 305 g/mol. The van der Waals surface area contributed by atoms with E-state index in [2.05, 4.69) is 22.0 Å². The number of hydrogen-bond donors (Lipinski definition) is 1. The van der Waals surface area contributed by atoms with E-state index >= 15 is 0 Å². The maximum absolute atomic E-state index is 5.96. The fourth-order valence-electron chi connectivity index (χ4n) is 1.77. The second-order valence-corrected chi connectivity index (χ2v) is 5.24. The zero-order valence-corrected chi connectivity index (χ0v) is 12.1. The van der Waals surface area contributed by atoms with E-state index < -0.39 is 0 Å². The zero-order valence-electron chi connectivity index (χ0n) is 10.5. The Morgan fingerprint density at radius 3 is 2.56 bits per heavy atom. The molecule has 0 fully saturated rings. The second-order valence-electron chi connectivity index (χ2n) is 4.33. The Hall–Kier alpha value is -1.32. The highest BCUT2D eigenvalue weighted by Gasteiger charge is 2.06. The molecule has 0 aromatic heterocycles. The van der Waals surface area contributed by atoms with Gasteiger partial charge in [0.05, 0.1) is 0 Å². The average molecular weight is 306 g/mol. The highest BCUT2D eigenvalue weighted by atomic mass is 79.9. The van der Waals surface area contributed by atoms with E-state index in [4.69, 9.17) is 10.5 Å². The smallest absolute Gasteiger partial charge is 0.131 e. The first-order valence-corrected chi connectivity index (χ1v) is 6.63. The number of benzene rings is 2. The van der Waals surface area contributed by atoms with Crippen LogP contribution in [-0.2, 0) is 6.54 Å². The summed E-state index contributed by atoms with van der Waals surface area (Å²) in [6.45, 7) is 4.55. The molecule has 0 heterocycles. The van der Waals surface area contributed by atoms with Crippen molar-refractivity contribution in [1.82, 2.24) is 0 Å². The molecule has 0 spiro atoms. The van der Waals surface area contributed by atoms with Crippen LogP contribution in [-0.4, -0.2) is 0 Å². The third-order valence-electron chi connectivity index (χ3n) is 2.81. The summed E-state index contributed by atoms with van der Waals surface area (Å²) >= 11 is 3.45. The van der Waals surface area contributed by atoms with E-state index in [9.17, 15) is 0 Å². The molecular weight excluding hydrogens is 290 g/mol. The molecule has 0 atom stereocenters. The molecular formula is C15H16BrNO. The third kappa shape index (κ3) is 2.92. The summed E-state index contributed by atoms with van der Waals surface area (Å²) < 4.78 is 6.96. The van der Waals surface area contributed by atoms with Crippen LogP contribution in [0, 0.1) is 13.8 Å². The predicted molar refractivity (Wildman–Crippen MR) is 78.0 cm³/mol. The molecule has 18 heavy (non-hydrogen) atoms. The molecule has 0 aliphatic carbocycles. The van der Waals surface area contributed by atoms with Crippen LogP contribution in [0.5, 0.6) is 11.5 Å². The van der Waals surface area contributed by atoms with Crippen molar-refractivity contribution in [1.29, 1.82) is 0 Å². The average Bonchev–Trinajstić information content (AvgIpc) is 2.36. The van der Waals surface area contributed by atoms with E-state index in [0.29, 0.717) is 6.54 Å². The highest BCUT2D eigenvalue weighted by Crippen LogP contribution is 2.30. The van der Waals surface area contributed by atoms with Gasteiger partial charge in [0.25, 0.3) is 0 Å². The fourth-order valence-corrected chi connectivity index (χ4v) is 2.11. The van der Waals surface area contributed by atoms with Gasteiger partial charge in [-0.25, -0.2) is 0 Å². The summed E-state index contributed by atoms with van der Waals surface area (Å²) in [6, 6.07) is 12.1. The van der Waals surface area contributed by atoms with Crippen molar-refractivity contribution in [2.75, 3.05) is 0 Å². The van der Waals surface area contributed by atoms with Crippen molar-refractivity contribution in [3.63, 3.8) is 0 Å². The number of halogens is 1. The lowest BCUT2D eigenvalue weighted by Gasteiger charge is -2.13. The molecule has 0 saturated carbocycles. The number of hydrogen-bond acceptors (Lipinski definition) is 2. The maximum atomic E-state index is 5.96. The summed E-state index contributed by atoms with van der Waals surface area (Å²) in [7, 11) is 0. The van der Waals surface area contributed by atoms with E-state index in [1.165, 1.54) is 5.56 Å². The Labute approximate surface area is 116 Å². The molecule has 2 aromatic rings. The lowest BCUT2D eigenvalue weighted by molar-refractivity contribution is 0.472. The lowest BCUT2D eigenvalue weighted by atomic mass is 10.1. The first kappa shape index (κ1) is 13.1. The molecule has 0 aliphatic heterocycles. The van der Waals surface area contributed by atoms with Crippen molar-refractivity contribution in [3.05, 3.63) is 57.6 Å². The van der Waals surface area contributed by atoms with Crippen LogP contribution in [0.2, 0.25) is 0 Å². The van der Waals surface area contributed by atoms with Crippen molar-refractivity contribution in [2.45, 2.75) is 20.4 Å². The molecule has 94 valence electrons. The molecule has 2 N–H and O–H groups in total. The summed E-state index contributed by atoms with van der Waals surface area (Å²) in [6.07, 6.45) is 0. The Morgan fingerprint density at radius 2 is 1.83 bits per heavy atom. The van der Waals surface area contributed by atoms with Gasteiger partial charge in [-0.05, 0) is 37.6 Å². The first-order chi connectivity index (χ1) is 8.60. The van der Waals surface area contributed by atoms with Crippen molar-refractivity contribution in [3.8, 4) is 11.5 Å². The molecule has 0 amide bonds. The zero-order chi connectivity index (χ0) is 13.1. The van der Waals surface area contributed by atoms with Crippen LogP contribution in [0.3, 0.4) is 0 Å². The topological polar surface area (TPSA) is 35.2 Å². The molecule has 3 heteroatoms. The van der Waals surface area contributed by atoms with Gasteiger partial charge in [0.2, 0.25) is 0 Å². The lowest BCUT2D eigenvalue weighted by Crippen LogP contribution is -2.00. The predicted octanol–water partition coefficient (Wildman–Crippen LogP) is 4.32. The van der Waals surface area contributed by atoms with E-state index in [1.54, 1.807) is 0 Å². The molecule has 0 saturated heterocycles. The molecule has 0 aliphatic rings. The maximum Gasteiger partial charge on any atom is 0.131 e. The van der Waals surface area contributed by atoms with Gasteiger partial charge in [-0.1, -0.05) is 39.7 Å². The minimum atomic E-state index is 0.476. The number of ether oxygens (including phenoxy) is 1. The first-order valence-electron chi connectivity index (χ1n) is 5.84. The van der Waals surface area contributed by atoms with E-state index in [-0.39, 0.29) is 0 Å². The van der Waals surface area contributed by atoms with Crippen LogP contribution in [0.25, 0.3) is 0 Å². The molecule has 2 aromatic carbocycles. The van der Waals surface area contributed by atoms with Gasteiger partial charge in [0.15, 0.2) is 0 Å². The van der Waals surface area contributed by atoms with Crippen LogP contribution in [0.1, 0.15) is 16.7 Å². The van der Waals surface area contributed by atoms with Crippen LogP contribution in [0.4, 0.5) is 0 Å². The standard InChI is InChI=1S/C15H16BrNO/c1-10-3-6-14(12(7-10)9-17)18-15-8-13(16)5-4-11(15)2/h3-8H,9,17H2,1-2H3. The molecule has 0 unspecified atom stereocenters. The van der Waals surface area contributed by atoms with Gasteiger partial charge in [0, 0.05) is 16.6 Å².